The van der Waals surface area contributed by atoms with E-state index in [0.29, 0.717) is 37.7 Å². The third-order valence-corrected chi connectivity index (χ3v) is 5.15. The van der Waals surface area contributed by atoms with E-state index in [4.69, 9.17) is 15.2 Å². The molecule has 2 rings (SSSR count). The van der Waals surface area contributed by atoms with Crippen molar-refractivity contribution in [2.45, 2.75) is 51.7 Å². The van der Waals surface area contributed by atoms with E-state index in [0.717, 1.165) is 25.7 Å². The van der Waals surface area contributed by atoms with Gasteiger partial charge in [0, 0.05) is 19.2 Å². The van der Waals surface area contributed by atoms with E-state index < -0.39 is 12.0 Å². The largest absolute Gasteiger partial charge is 0.490 e. The Morgan fingerprint density at radius 3 is 2.61 bits per heavy atom. The highest BCUT2D eigenvalue weighted by Gasteiger charge is 2.15. The molecular formula is C25H36N2O4. The number of hydrogen-bond donors (Lipinski definition) is 3. The molecule has 1 amide bonds. The Morgan fingerprint density at radius 1 is 1.13 bits per heavy atom. The van der Waals surface area contributed by atoms with Crippen LogP contribution in [0.4, 0.5) is 0 Å². The first-order valence-corrected chi connectivity index (χ1v) is 11.1. The van der Waals surface area contributed by atoms with Crippen LogP contribution in [-0.2, 0) is 11.2 Å². The maximum atomic E-state index is 11.9. The zero-order valence-electron chi connectivity index (χ0n) is 18.7. The van der Waals surface area contributed by atoms with Crippen molar-refractivity contribution in [2.24, 2.45) is 5.73 Å². The highest BCUT2D eigenvalue weighted by atomic mass is 16.5. The van der Waals surface area contributed by atoms with Crippen molar-refractivity contribution in [1.29, 1.82) is 0 Å². The number of carbonyl (C=O) groups excluding carboxylic acids is 1. The Morgan fingerprint density at radius 2 is 1.90 bits per heavy atom. The number of aryl methyl sites for hydroxylation is 1. The minimum atomic E-state index is -0.747. The summed E-state index contributed by atoms with van der Waals surface area (Å²) in [4.78, 5) is 11.9. The van der Waals surface area contributed by atoms with Crippen molar-refractivity contribution < 1.29 is 19.4 Å². The molecule has 31 heavy (non-hydrogen) atoms. The fourth-order valence-corrected chi connectivity index (χ4v) is 3.19. The number of aliphatic hydroxyl groups is 1. The number of nitrogens with one attached hydrogen (secondary N) is 1. The van der Waals surface area contributed by atoms with Crippen LogP contribution in [0.1, 0.15) is 60.7 Å². The molecule has 4 N–H and O–H groups in total. The number of amides is 1. The van der Waals surface area contributed by atoms with Gasteiger partial charge in [0.15, 0.2) is 0 Å². The molecule has 0 aromatic heterocycles. The van der Waals surface area contributed by atoms with Gasteiger partial charge in [-0.15, -0.1) is 0 Å². The first kappa shape index (κ1) is 24.9. The Bertz CT molecular complexity index is 782. The lowest BCUT2D eigenvalue weighted by atomic mass is 10.0. The molecule has 170 valence electrons. The van der Waals surface area contributed by atoms with Crippen LogP contribution in [0, 0.1) is 0 Å². The quantitative estimate of drug-likeness (QED) is 0.377. The third-order valence-electron chi connectivity index (χ3n) is 5.15. The predicted molar refractivity (Wildman–Crippen MR) is 123 cm³/mol. The molecular weight excluding hydrogens is 392 g/mol. The van der Waals surface area contributed by atoms with E-state index in [1.54, 1.807) is 18.2 Å². The molecule has 0 bridgehead atoms. The number of benzene rings is 2. The van der Waals surface area contributed by atoms with Gasteiger partial charge in [0.2, 0.25) is 0 Å². The summed E-state index contributed by atoms with van der Waals surface area (Å²) in [5.41, 5.74) is 7.72. The van der Waals surface area contributed by atoms with Crippen LogP contribution < -0.4 is 15.8 Å². The lowest BCUT2D eigenvalue weighted by Crippen LogP contribution is -2.31. The van der Waals surface area contributed by atoms with Crippen molar-refractivity contribution in [3.63, 3.8) is 0 Å². The Balaban J connectivity index is 1.83. The SMILES string of the molecule is CCCCOCCOc1ccc(C(O)CNC(C)CCc2ccccc2)cc1C(N)=O. The first-order valence-electron chi connectivity index (χ1n) is 11.1. The fraction of sp³-hybridized carbons (Fsp3) is 0.480. The van der Waals surface area contributed by atoms with E-state index in [1.165, 1.54) is 5.56 Å². The van der Waals surface area contributed by atoms with Crippen LogP contribution in [0.25, 0.3) is 0 Å². The summed E-state index contributed by atoms with van der Waals surface area (Å²) in [5.74, 6) is -0.174. The van der Waals surface area contributed by atoms with Crippen molar-refractivity contribution >= 4 is 5.91 Å². The summed E-state index contributed by atoms with van der Waals surface area (Å²) in [6, 6.07) is 15.6. The number of aliphatic hydroxyl groups excluding tert-OH is 1. The molecule has 0 saturated heterocycles. The standard InChI is InChI=1S/C25H36N2O4/c1-3-4-14-30-15-16-31-24-13-12-21(17-22(24)25(26)29)23(28)18-27-19(2)10-11-20-8-6-5-7-9-20/h5-9,12-13,17,19,23,27-28H,3-4,10-11,14-16,18H2,1-2H3,(H2,26,29). The molecule has 2 aromatic rings. The van der Waals surface area contributed by atoms with Gasteiger partial charge in [0.1, 0.15) is 12.4 Å². The molecule has 0 aliphatic heterocycles. The van der Waals surface area contributed by atoms with Gasteiger partial charge in [0.25, 0.3) is 5.91 Å². The van der Waals surface area contributed by atoms with Crippen molar-refractivity contribution in [1.82, 2.24) is 5.32 Å². The van der Waals surface area contributed by atoms with Gasteiger partial charge in [-0.05, 0) is 49.4 Å². The van der Waals surface area contributed by atoms with Crippen LogP contribution >= 0.6 is 0 Å². The van der Waals surface area contributed by atoms with E-state index in [9.17, 15) is 9.90 Å². The number of hydrogen-bond acceptors (Lipinski definition) is 5. The molecule has 0 spiro atoms. The summed E-state index contributed by atoms with van der Waals surface area (Å²) >= 11 is 0. The zero-order chi connectivity index (χ0) is 22.5. The zero-order valence-corrected chi connectivity index (χ0v) is 18.7. The summed E-state index contributed by atoms with van der Waals surface area (Å²) < 4.78 is 11.1. The van der Waals surface area contributed by atoms with E-state index in [1.807, 2.05) is 18.2 Å². The number of rotatable bonds is 15. The average Bonchev–Trinajstić information content (AvgIpc) is 2.79. The predicted octanol–water partition coefficient (Wildman–Crippen LogP) is 3.63. The molecule has 2 atom stereocenters. The van der Waals surface area contributed by atoms with Crippen molar-refractivity contribution in [2.75, 3.05) is 26.4 Å². The minimum Gasteiger partial charge on any atom is -0.490 e. The lowest BCUT2D eigenvalue weighted by Gasteiger charge is -2.19. The van der Waals surface area contributed by atoms with Crippen LogP contribution in [-0.4, -0.2) is 43.4 Å². The summed E-state index contributed by atoms with van der Waals surface area (Å²) in [6.07, 6.45) is 3.29. The van der Waals surface area contributed by atoms with Crippen LogP contribution in [0.2, 0.25) is 0 Å². The van der Waals surface area contributed by atoms with Gasteiger partial charge in [-0.25, -0.2) is 0 Å². The second-order valence-corrected chi connectivity index (χ2v) is 7.78. The number of nitrogens with two attached hydrogens (primary N) is 1. The van der Waals surface area contributed by atoms with Gasteiger partial charge in [-0.2, -0.15) is 0 Å². The highest BCUT2D eigenvalue weighted by Crippen LogP contribution is 2.23. The molecule has 6 nitrogen and oxygen atoms in total. The topological polar surface area (TPSA) is 93.8 Å². The van der Waals surface area contributed by atoms with Gasteiger partial charge < -0.3 is 25.6 Å². The van der Waals surface area contributed by atoms with Gasteiger partial charge in [-0.3, -0.25) is 4.79 Å². The van der Waals surface area contributed by atoms with Crippen molar-refractivity contribution in [3.8, 4) is 5.75 Å². The Kier molecular flexibility index (Phi) is 11.1. The van der Waals surface area contributed by atoms with Gasteiger partial charge in [-0.1, -0.05) is 49.7 Å². The smallest absolute Gasteiger partial charge is 0.252 e. The summed E-state index contributed by atoms with van der Waals surface area (Å²) in [7, 11) is 0. The monoisotopic (exact) mass is 428 g/mol. The van der Waals surface area contributed by atoms with E-state index in [-0.39, 0.29) is 11.6 Å². The molecule has 0 aliphatic carbocycles. The lowest BCUT2D eigenvalue weighted by molar-refractivity contribution is 0.0942. The molecule has 0 heterocycles. The summed E-state index contributed by atoms with van der Waals surface area (Å²) in [5, 5.41) is 13.9. The normalized spacial score (nSPS) is 13.0. The molecule has 0 aliphatic rings. The second kappa shape index (κ2) is 13.8. The fourth-order valence-electron chi connectivity index (χ4n) is 3.19. The summed E-state index contributed by atoms with van der Waals surface area (Å²) in [6.45, 7) is 6.09. The number of primary amides is 1. The van der Waals surface area contributed by atoms with Crippen LogP contribution in [0.15, 0.2) is 48.5 Å². The maximum absolute atomic E-state index is 11.9. The molecule has 0 saturated carbocycles. The third kappa shape index (κ3) is 9.09. The second-order valence-electron chi connectivity index (χ2n) is 7.78. The van der Waals surface area contributed by atoms with Crippen LogP contribution in [0.5, 0.6) is 5.75 Å². The van der Waals surface area contributed by atoms with Crippen LogP contribution in [0.3, 0.4) is 0 Å². The highest BCUT2D eigenvalue weighted by molar-refractivity contribution is 5.95. The van der Waals surface area contributed by atoms with Crippen molar-refractivity contribution in [3.05, 3.63) is 65.2 Å². The van der Waals surface area contributed by atoms with Gasteiger partial charge >= 0.3 is 0 Å². The van der Waals surface area contributed by atoms with E-state index >= 15 is 0 Å². The molecule has 2 unspecified atom stereocenters. The number of unbranched alkanes of at least 4 members (excludes halogenated alkanes) is 1. The average molecular weight is 429 g/mol. The number of carbonyl (C=O) groups is 1. The first-order chi connectivity index (χ1) is 15.0. The molecule has 0 radical (unpaired) electrons. The van der Waals surface area contributed by atoms with E-state index in [2.05, 4.69) is 31.3 Å². The maximum Gasteiger partial charge on any atom is 0.252 e. The molecule has 2 aromatic carbocycles. The minimum absolute atomic E-state index is 0.251. The number of ether oxygens (including phenoxy) is 2. The molecule has 6 heteroatoms. The Hall–Kier alpha value is -2.41. The Labute approximate surface area is 185 Å². The molecule has 0 fully saturated rings. The van der Waals surface area contributed by atoms with Gasteiger partial charge in [0.05, 0.1) is 18.3 Å².